The number of carbonyl (C=O) groups is 2. The van der Waals surface area contributed by atoms with Gasteiger partial charge in [0.1, 0.15) is 0 Å². The molecule has 1 aromatic heterocycles. The van der Waals surface area contributed by atoms with Crippen LogP contribution in [0.4, 0.5) is 13.2 Å². The first-order valence-corrected chi connectivity index (χ1v) is 6.00. The number of alkyl halides is 3. The smallest absolute Gasteiger partial charge is 0.332 e. The van der Waals surface area contributed by atoms with E-state index in [4.69, 9.17) is 0 Å². The summed E-state index contributed by atoms with van der Waals surface area (Å²) in [5.74, 6) is -1.46. The zero-order chi connectivity index (χ0) is 15.6. The molecule has 0 aliphatic heterocycles. The number of benzene rings is 1. The molecule has 0 amide bonds. The number of rotatable bonds is 4. The second kappa shape index (κ2) is 5.51. The number of ketones is 2. The van der Waals surface area contributed by atoms with Crippen LogP contribution < -0.4 is 0 Å². The molecule has 2 rings (SSSR count). The lowest BCUT2D eigenvalue weighted by Gasteiger charge is -2.11. The first-order chi connectivity index (χ1) is 9.80. The van der Waals surface area contributed by atoms with Crippen LogP contribution in [-0.2, 0) is 13.2 Å². The Hall–Kier alpha value is -2.44. The van der Waals surface area contributed by atoms with Gasteiger partial charge >= 0.3 is 6.18 Å². The highest BCUT2D eigenvalue weighted by Crippen LogP contribution is 2.32. The van der Waals surface area contributed by atoms with Crippen LogP contribution in [-0.4, -0.2) is 21.1 Å². The summed E-state index contributed by atoms with van der Waals surface area (Å²) in [5, 5.41) is 0. The SMILES string of the molecule is Cn1ccnc1C(=O)CC(=O)c1ccccc1C(F)(F)F. The van der Waals surface area contributed by atoms with Gasteiger partial charge in [-0.3, -0.25) is 9.59 Å². The maximum Gasteiger partial charge on any atom is 0.417 e. The summed E-state index contributed by atoms with van der Waals surface area (Å²) in [7, 11) is 1.56. The average molecular weight is 296 g/mol. The monoisotopic (exact) mass is 296 g/mol. The van der Waals surface area contributed by atoms with Gasteiger partial charge in [0.25, 0.3) is 0 Å². The van der Waals surface area contributed by atoms with Crippen molar-refractivity contribution in [2.24, 2.45) is 7.05 Å². The number of hydrogen-bond acceptors (Lipinski definition) is 3. The van der Waals surface area contributed by atoms with E-state index in [1.54, 1.807) is 7.05 Å². The highest BCUT2D eigenvalue weighted by molar-refractivity contribution is 6.12. The first-order valence-electron chi connectivity index (χ1n) is 6.00. The summed E-state index contributed by atoms with van der Waals surface area (Å²) in [4.78, 5) is 27.6. The van der Waals surface area contributed by atoms with Gasteiger partial charge in [-0.1, -0.05) is 18.2 Å². The molecule has 0 radical (unpaired) electrons. The summed E-state index contributed by atoms with van der Waals surface area (Å²) in [6.07, 6.45) is -2.40. The molecule has 0 aliphatic rings. The molecular formula is C14H11F3N2O2. The minimum Gasteiger partial charge on any atom is -0.332 e. The molecule has 0 spiro atoms. The van der Waals surface area contributed by atoms with Crippen LogP contribution in [0.3, 0.4) is 0 Å². The Morgan fingerprint density at radius 3 is 2.43 bits per heavy atom. The third-order valence-electron chi connectivity index (χ3n) is 2.92. The quantitative estimate of drug-likeness (QED) is 0.644. The molecule has 0 unspecified atom stereocenters. The molecule has 0 saturated heterocycles. The summed E-state index contributed by atoms with van der Waals surface area (Å²) in [6.45, 7) is 0. The molecule has 0 bridgehead atoms. The molecule has 2 aromatic rings. The molecule has 0 fully saturated rings. The number of hydrogen-bond donors (Lipinski definition) is 0. The molecule has 0 atom stereocenters. The van der Waals surface area contributed by atoms with Gasteiger partial charge in [0.05, 0.1) is 12.0 Å². The Bertz CT molecular complexity index is 690. The number of halogens is 3. The van der Waals surface area contributed by atoms with Gasteiger partial charge in [-0.05, 0) is 6.07 Å². The number of imidazole rings is 1. The second-order valence-corrected chi connectivity index (χ2v) is 4.43. The van der Waals surface area contributed by atoms with Crippen LogP contribution >= 0.6 is 0 Å². The van der Waals surface area contributed by atoms with E-state index in [1.165, 1.54) is 29.1 Å². The van der Waals surface area contributed by atoms with E-state index < -0.39 is 35.3 Å². The van der Waals surface area contributed by atoms with E-state index in [0.29, 0.717) is 0 Å². The van der Waals surface area contributed by atoms with E-state index >= 15 is 0 Å². The standard InChI is InChI=1S/C14H11F3N2O2/c1-19-7-6-18-13(19)12(21)8-11(20)9-4-2-3-5-10(9)14(15,16)17/h2-7H,8H2,1H3. The molecule has 0 N–H and O–H groups in total. The number of Topliss-reactive ketones (excluding diaryl/α,β-unsaturated/α-hetero) is 2. The largest absolute Gasteiger partial charge is 0.417 e. The van der Waals surface area contributed by atoms with Crippen molar-refractivity contribution >= 4 is 11.6 Å². The van der Waals surface area contributed by atoms with Crippen LogP contribution in [0.15, 0.2) is 36.7 Å². The van der Waals surface area contributed by atoms with E-state index in [9.17, 15) is 22.8 Å². The molecule has 0 saturated carbocycles. The highest BCUT2D eigenvalue weighted by Gasteiger charge is 2.35. The van der Waals surface area contributed by atoms with Gasteiger partial charge in [-0.15, -0.1) is 0 Å². The average Bonchev–Trinajstić information content (AvgIpc) is 2.84. The number of carbonyl (C=O) groups excluding carboxylic acids is 2. The lowest BCUT2D eigenvalue weighted by atomic mass is 9.99. The van der Waals surface area contributed by atoms with Gasteiger partial charge < -0.3 is 4.57 Å². The van der Waals surface area contributed by atoms with Crippen molar-refractivity contribution in [3.63, 3.8) is 0 Å². The van der Waals surface area contributed by atoms with E-state index in [2.05, 4.69) is 4.98 Å². The molecule has 7 heteroatoms. The summed E-state index contributed by atoms with van der Waals surface area (Å²) < 4.78 is 39.9. The Balaban J connectivity index is 2.26. The maximum atomic E-state index is 12.8. The van der Waals surface area contributed by atoms with Crippen molar-refractivity contribution in [3.8, 4) is 0 Å². The fourth-order valence-electron chi connectivity index (χ4n) is 1.93. The zero-order valence-corrected chi connectivity index (χ0v) is 11.0. The fraction of sp³-hybridized carbons (Fsp3) is 0.214. The number of aryl methyl sites for hydroxylation is 1. The van der Waals surface area contributed by atoms with E-state index in [0.717, 1.165) is 12.1 Å². The summed E-state index contributed by atoms with van der Waals surface area (Å²) in [5.41, 5.74) is -1.55. The van der Waals surface area contributed by atoms with Crippen LogP contribution in [0.2, 0.25) is 0 Å². The van der Waals surface area contributed by atoms with Gasteiger partial charge in [0, 0.05) is 25.0 Å². The van der Waals surface area contributed by atoms with Crippen LogP contribution in [0.1, 0.15) is 33.0 Å². The van der Waals surface area contributed by atoms with E-state index in [-0.39, 0.29) is 5.82 Å². The predicted molar refractivity (Wildman–Crippen MR) is 67.9 cm³/mol. The molecule has 1 heterocycles. The van der Waals surface area contributed by atoms with Gasteiger partial charge in [0.2, 0.25) is 5.78 Å². The lowest BCUT2D eigenvalue weighted by molar-refractivity contribution is -0.137. The molecule has 110 valence electrons. The Morgan fingerprint density at radius 2 is 1.86 bits per heavy atom. The zero-order valence-electron chi connectivity index (χ0n) is 11.0. The fourth-order valence-corrected chi connectivity index (χ4v) is 1.93. The molecule has 21 heavy (non-hydrogen) atoms. The van der Waals surface area contributed by atoms with Gasteiger partial charge in [-0.25, -0.2) is 4.98 Å². The molecule has 0 aliphatic carbocycles. The third-order valence-corrected chi connectivity index (χ3v) is 2.92. The number of nitrogens with zero attached hydrogens (tertiary/aromatic N) is 2. The van der Waals surface area contributed by atoms with Crippen molar-refractivity contribution in [2.45, 2.75) is 12.6 Å². The van der Waals surface area contributed by atoms with Crippen molar-refractivity contribution in [1.29, 1.82) is 0 Å². The summed E-state index contributed by atoms with van der Waals surface area (Å²) >= 11 is 0. The molecule has 4 nitrogen and oxygen atoms in total. The summed E-state index contributed by atoms with van der Waals surface area (Å²) in [6, 6.07) is 4.41. The third kappa shape index (κ3) is 3.18. The van der Waals surface area contributed by atoms with E-state index in [1.807, 2.05) is 0 Å². The van der Waals surface area contributed by atoms with Crippen LogP contribution in [0.25, 0.3) is 0 Å². The Labute approximate surface area is 118 Å². The van der Waals surface area contributed by atoms with Crippen molar-refractivity contribution < 1.29 is 22.8 Å². The maximum absolute atomic E-state index is 12.8. The van der Waals surface area contributed by atoms with Crippen molar-refractivity contribution in [2.75, 3.05) is 0 Å². The topological polar surface area (TPSA) is 52.0 Å². The van der Waals surface area contributed by atoms with Crippen molar-refractivity contribution in [3.05, 3.63) is 53.6 Å². The normalized spacial score (nSPS) is 11.4. The second-order valence-electron chi connectivity index (χ2n) is 4.43. The van der Waals surface area contributed by atoms with Gasteiger partial charge in [0.15, 0.2) is 11.6 Å². The predicted octanol–water partition coefficient (Wildman–Crippen LogP) is 2.89. The van der Waals surface area contributed by atoms with Crippen LogP contribution in [0.5, 0.6) is 0 Å². The molecule has 1 aromatic carbocycles. The van der Waals surface area contributed by atoms with Gasteiger partial charge in [-0.2, -0.15) is 13.2 Å². The minimum atomic E-state index is -4.64. The minimum absolute atomic E-state index is 0.0350. The molecular weight excluding hydrogens is 285 g/mol. The van der Waals surface area contributed by atoms with Crippen LogP contribution in [0, 0.1) is 0 Å². The lowest BCUT2D eigenvalue weighted by Crippen LogP contribution is -2.17. The first kappa shape index (κ1) is 15.0. The number of aromatic nitrogens is 2. The van der Waals surface area contributed by atoms with Crippen molar-refractivity contribution in [1.82, 2.24) is 9.55 Å². The highest BCUT2D eigenvalue weighted by atomic mass is 19.4. The Morgan fingerprint density at radius 1 is 1.19 bits per heavy atom. The Kier molecular flexibility index (Phi) is 3.93.